The Morgan fingerprint density at radius 1 is 1.02 bits per heavy atom. The number of amides is 3. The van der Waals surface area contributed by atoms with Gasteiger partial charge >= 0.3 is 12.1 Å². The minimum Gasteiger partial charge on any atom is -0.475 e. The molecule has 3 fully saturated rings. The van der Waals surface area contributed by atoms with Gasteiger partial charge in [0.2, 0.25) is 17.6 Å². The number of carbonyl (C=O) groups excluding carboxylic acids is 3. The first-order chi connectivity index (χ1) is 22.4. The number of ether oxygens (including phenoxy) is 2. The third kappa shape index (κ3) is 8.25. The van der Waals surface area contributed by atoms with Crippen molar-refractivity contribution in [3.63, 3.8) is 0 Å². The number of benzene rings is 1. The number of carboxylic acids is 1. The highest BCUT2D eigenvalue weighted by Gasteiger charge is 2.47. The summed E-state index contributed by atoms with van der Waals surface area (Å²) < 4.78 is 30.3. The van der Waals surface area contributed by atoms with E-state index in [1.54, 1.807) is 51.0 Å². The number of likely N-dealkylation sites (tertiary alicyclic amines) is 1. The number of anilines is 1. The third-order valence-corrected chi connectivity index (χ3v) is 10.2. The number of alkyl halides is 1. The van der Waals surface area contributed by atoms with Crippen molar-refractivity contribution in [1.82, 2.24) is 10.2 Å². The van der Waals surface area contributed by atoms with Crippen LogP contribution in [0.1, 0.15) is 89.1 Å². The second-order valence-electron chi connectivity index (χ2n) is 14.4. The van der Waals surface area contributed by atoms with Gasteiger partial charge in [-0.15, -0.1) is 0 Å². The van der Waals surface area contributed by atoms with Gasteiger partial charge in [-0.3, -0.25) is 9.59 Å². The molecule has 3 atom stereocenters. The Labute approximate surface area is 274 Å². The van der Waals surface area contributed by atoms with Crippen molar-refractivity contribution in [2.24, 2.45) is 23.7 Å². The maximum absolute atomic E-state index is 14.1. The molecule has 5 rings (SSSR count). The number of halogens is 1. The van der Waals surface area contributed by atoms with Crippen LogP contribution in [0.2, 0.25) is 0 Å². The average Bonchev–Trinajstić information content (AvgIpc) is 3.68. The number of aromatic carboxylic acids is 1. The molecular formula is C35H48FN3O8. The molecule has 2 aliphatic carbocycles. The largest absolute Gasteiger partial charge is 0.475 e. The smallest absolute Gasteiger partial charge is 0.407 e. The Bertz CT molecular complexity index is 1440. The summed E-state index contributed by atoms with van der Waals surface area (Å²) in [6.45, 7) is 5.03. The van der Waals surface area contributed by atoms with Crippen molar-refractivity contribution < 1.29 is 42.6 Å². The van der Waals surface area contributed by atoms with E-state index >= 15 is 0 Å². The third-order valence-electron chi connectivity index (χ3n) is 10.2. The molecular weight excluding hydrogens is 609 g/mol. The van der Waals surface area contributed by atoms with Crippen molar-refractivity contribution >= 4 is 40.5 Å². The first-order valence-corrected chi connectivity index (χ1v) is 16.8. The van der Waals surface area contributed by atoms with E-state index in [0.717, 1.165) is 32.1 Å². The van der Waals surface area contributed by atoms with Gasteiger partial charge in [-0.25, -0.2) is 14.0 Å². The Kier molecular flexibility index (Phi) is 10.8. The van der Waals surface area contributed by atoms with Crippen LogP contribution in [-0.4, -0.2) is 78.0 Å². The van der Waals surface area contributed by atoms with Gasteiger partial charge in [0.15, 0.2) is 0 Å². The molecule has 3 aliphatic rings. The molecule has 1 saturated heterocycles. The zero-order chi connectivity index (χ0) is 33.9. The topological polar surface area (TPSA) is 147 Å². The number of methoxy groups -OCH3 is 1. The SMILES string of the molecule is COC1CCC([C@H]2CCN(C(=O)C3CCC([C@@H](CF)NC(=O)OC(C)(C)C)CC3)[C@@H]2C(=O)Nc2ccc3oc(C(=O)O)cc3c2)CC1. The molecule has 47 heavy (non-hydrogen) atoms. The first kappa shape index (κ1) is 34.7. The molecule has 1 aromatic heterocycles. The van der Waals surface area contributed by atoms with Gasteiger partial charge in [-0.1, -0.05) is 0 Å². The highest BCUT2D eigenvalue weighted by molar-refractivity contribution is 6.00. The molecule has 12 heteroatoms. The van der Waals surface area contributed by atoms with Crippen LogP contribution in [0, 0.1) is 23.7 Å². The number of furan rings is 1. The van der Waals surface area contributed by atoms with E-state index < -0.39 is 36.4 Å². The molecule has 0 radical (unpaired) electrons. The lowest BCUT2D eigenvalue weighted by Crippen LogP contribution is -2.50. The monoisotopic (exact) mass is 657 g/mol. The molecule has 11 nitrogen and oxygen atoms in total. The summed E-state index contributed by atoms with van der Waals surface area (Å²) in [7, 11) is 1.73. The lowest BCUT2D eigenvalue weighted by Gasteiger charge is -2.38. The molecule has 2 heterocycles. The summed E-state index contributed by atoms with van der Waals surface area (Å²) >= 11 is 0. The maximum Gasteiger partial charge on any atom is 0.407 e. The van der Waals surface area contributed by atoms with Crippen LogP contribution < -0.4 is 10.6 Å². The number of carbonyl (C=O) groups is 4. The summed E-state index contributed by atoms with van der Waals surface area (Å²) in [4.78, 5) is 53.6. The first-order valence-electron chi connectivity index (χ1n) is 16.8. The normalized spacial score (nSPS) is 27.3. The predicted molar refractivity (Wildman–Crippen MR) is 173 cm³/mol. The van der Waals surface area contributed by atoms with Crippen LogP contribution in [0.3, 0.4) is 0 Å². The maximum atomic E-state index is 14.1. The van der Waals surface area contributed by atoms with Gasteiger partial charge in [0, 0.05) is 30.6 Å². The van der Waals surface area contributed by atoms with Crippen molar-refractivity contribution in [3.8, 4) is 0 Å². The number of nitrogens with zero attached hydrogens (tertiary/aromatic N) is 1. The highest BCUT2D eigenvalue weighted by atomic mass is 19.1. The quantitative estimate of drug-likeness (QED) is 0.291. The summed E-state index contributed by atoms with van der Waals surface area (Å²) in [6.07, 6.45) is 6.24. The Balaban J connectivity index is 1.28. The molecule has 0 unspecified atom stereocenters. The van der Waals surface area contributed by atoms with Gasteiger partial charge in [0.05, 0.1) is 12.1 Å². The molecule has 0 bridgehead atoms. The standard InChI is InChI=1S/C35H48FN3O8/c1-35(2,3)47-34(44)38-27(19-36)21-5-7-22(8-6-21)32(41)39-16-15-26(20-9-12-25(45-4)13-10-20)30(39)31(40)37-24-11-14-28-23(17-24)18-29(46-28)33(42)43/h11,14,17-18,20-22,25-27,30H,5-10,12-13,15-16,19H2,1-4H3,(H,37,40)(H,38,44)(H,42,43)/t20?,21?,22?,25?,26-,27-,30+/m1/s1. The Morgan fingerprint density at radius 2 is 1.72 bits per heavy atom. The minimum absolute atomic E-state index is 0.00156. The van der Waals surface area contributed by atoms with E-state index in [-0.39, 0.29) is 47.4 Å². The van der Waals surface area contributed by atoms with E-state index in [0.29, 0.717) is 48.9 Å². The molecule has 3 amide bonds. The van der Waals surface area contributed by atoms with Gasteiger partial charge < -0.3 is 34.5 Å². The molecule has 1 aromatic carbocycles. The number of rotatable bonds is 9. The van der Waals surface area contributed by atoms with Gasteiger partial charge in [0.1, 0.15) is 23.9 Å². The fraction of sp³-hybridized carbons (Fsp3) is 0.657. The van der Waals surface area contributed by atoms with E-state index in [1.165, 1.54) is 6.07 Å². The van der Waals surface area contributed by atoms with Crippen LogP contribution in [-0.2, 0) is 19.1 Å². The average molecular weight is 658 g/mol. The summed E-state index contributed by atoms with van der Waals surface area (Å²) in [5.41, 5.74) is 0.208. The lowest BCUT2D eigenvalue weighted by atomic mass is 9.75. The van der Waals surface area contributed by atoms with E-state index in [2.05, 4.69) is 10.6 Å². The predicted octanol–water partition coefficient (Wildman–Crippen LogP) is 6.16. The fourth-order valence-corrected chi connectivity index (χ4v) is 7.83. The van der Waals surface area contributed by atoms with Crippen molar-refractivity contribution in [2.75, 3.05) is 25.6 Å². The van der Waals surface area contributed by atoms with Gasteiger partial charge in [-0.05, 0) is 121 Å². The van der Waals surface area contributed by atoms with Crippen molar-refractivity contribution in [1.29, 1.82) is 0 Å². The second-order valence-corrected chi connectivity index (χ2v) is 14.4. The molecule has 2 aromatic rings. The van der Waals surface area contributed by atoms with Crippen molar-refractivity contribution in [2.45, 2.75) is 102 Å². The van der Waals surface area contributed by atoms with Gasteiger partial charge in [0.25, 0.3) is 0 Å². The van der Waals surface area contributed by atoms with Crippen LogP contribution in [0.15, 0.2) is 28.7 Å². The highest BCUT2D eigenvalue weighted by Crippen LogP contribution is 2.42. The number of hydrogen-bond donors (Lipinski definition) is 3. The van der Waals surface area contributed by atoms with Crippen molar-refractivity contribution in [3.05, 3.63) is 30.0 Å². The number of alkyl carbamates (subject to hydrolysis) is 1. The molecule has 1 aliphatic heterocycles. The summed E-state index contributed by atoms with van der Waals surface area (Å²) in [5, 5.41) is 15.5. The van der Waals surface area contributed by atoms with E-state index in [9.17, 15) is 28.7 Å². The Morgan fingerprint density at radius 3 is 2.34 bits per heavy atom. The number of fused-ring (bicyclic) bond motifs is 1. The van der Waals surface area contributed by atoms with E-state index in [1.807, 2.05) is 0 Å². The number of nitrogens with one attached hydrogen (secondary N) is 2. The van der Waals surface area contributed by atoms with Crippen LogP contribution in [0.25, 0.3) is 11.0 Å². The summed E-state index contributed by atoms with van der Waals surface area (Å²) in [6, 6.07) is 5.06. The van der Waals surface area contributed by atoms with E-state index in [4.69, 9.17) is 13.9 Å². The zero-order valence-corrected chi connectivity index (χ0v) is 27.8. The van der Waals surface area contributed by atoms with Crippen LogP contribution in [0.5, 0.6) is 0 Å². The minimum atomic E-state index is -1.17. The number of carboxylic acid groups (broad SMARTS) is 1. The molecule has 3 N–H and O–H groups in total. The number of hydrogen-bond acceptors (Lipinski definition) is 7. The van der Waals surface area contributed by atoms with Gasteiger partial charge in [-0.2, -0.15) is 0 Å². The fourth-order valence-electron chi connectivity index (χ4n) is 7.83. The molecule has 0 spiro atoms. The van der Waals surface area contributed by atoms with Crippen LogP contribution >= 0.6 is 0 Å². The Hall–Kier alpha value is -3.67. The lowest BCUT2D eigenvalue weighted by molar-refractivity contribution is -0.142. The summed E-state index contributed by atoms with van der Waals surface area (Å²) in [5.74, 6) is -1.79. The second kappa shape index (κ2) is 14.6. The van der Waals surface area contributed by atoms with Crippen LogP contribution in [0.4, 0.5) is 14.9 Å². The zero-order valence-electron chi connectivity index (χ0n) is 27.8. The molecule has 258 valence electrons. The molecule has 2 saturated carbocycles.